The Morgan fingerprint density at radius 2 is 2.55 bits per heavy atom. The van der Waals surface area contributed by atoms with E-state index in [-0.39, 0.29) is 6.04 Å². The number of aromatic nitrogens is 2. The van der Waals surface area contributed by atoms with Crippen molar-refractivity contribution < 1.29 is 0 Å². The van der Waals surface area contributed by atoms with Crippen LogP contribution < -0.4 is 5.32 Å². The van der Waals surface area contributed by atoms with E-state index in [4.69, 9.17) is 5.26 Å². The molecule has 0 aliphatic carbocycles. The Morgan fingerprint density at radius 3 is 3.00 bits per heavy atom. The number of nitriles is 1. The second kappa shape index (κ2) is 3.06. The Hall–Kier alpha value is -1.50. The van der Waals surface area contributed by atoms with Crippen LogP contribution in [0.3, 0.4) is 0 Å². The fraction of sp³-hybridized carbons (Fsp3) is 0.429. The van der Waals surface area contributed by atoms with Gasteiger partial charge in [-0.1, -0.05) is 0 Å². The third-order valence-electron chi connectivity index (χ3n) is 1.51. The first-order chi connectivity index (χ1) is 5.24. The van der Waals surface area contributed by atoms with Gasteiger partial charge in [-0.3, -0.25) is 4.68 Å². The fourth-order valence-electron chi connectivity index (χ4n) is 0.844. The van der Waals surface area contributed by atoms with Crippen LogP contribution in [0.2, 0.25) is 0 Å². The third kappa shape index (κ3) is 1.71. The monoisotopic (exact) mass is 150 g/mol. The molecule has 0 spiro atoms. The lowest BCUT2D eigenvalue weighted by molar-refractivity contribution is 0.694. The van der Waals surface area contributed by atoms with Crippen molar-refractivity contribution in [3.8, 4) is 6.19 Å². The second-order valence-electron chi connectivity index (χ2n) is 2.43. The maximum Gasteiger partial charge on any atom is 0.177 e. The van der Waals surface area contributed by atoms with Gasteiger partial charge in [0.05, 0.1) is 12.2 Å². The van der Waals surface area contributed by atoms with Crippen molar-refractivity contribution in [2.24, 2.45) is 7.05 Å². The number of nitrogens with zero attached hydrogens (tertiary/aromatic N) is 3. The molecule has 1 atom stereocenters. The van der Waals surface area contributed by atoms with E-state index in [1.807, 2.05) is 26.4 Å². The van der Waals surface area contributed by atoms with Gasteiger partial charge in [0.1, 0.15) is 0 Å². The standard InChI is InChI=1S/C7H10N4/c1-6(9-5-8)7-3-10-11(2)4-7/h3-4,6,9H,1-2H3. The highest BCUT2D eigenvalue weighted by Gasteiger charge is 2.04. The Kier molecular flexibility index (Phi) is 2.12. The quantitative estimate of drug-likeness (QED) is 0.495. The topological polar surface area (TPSA) is 53.6 Å². The Balaban J connectivity index is 2.70. The van der Waals surface area contributed by atoms with Crippen LogP contribution in [-0.2, 0) is 7.05 Å². The van der Waals surface area contributed by atoms with E-state index in [9.17, 15) is 0 Å². The lowest BCUT2D eigenvalue weighted by Crippen LogP contribution is -2.10. The molecular formula is C7H10N4. The summed E-state index contributed by atoms with van der Waals surface area (Å²) >= 11 is 0. The molecule has 0 saturated carbocycles. The predicted molar refractivity (Wildman–Crippen MR) is 40.4 cm³/mol. The van der Waals surface area contributed by atoms with Gasteiger partial charge in [0.2, 0.25) is 0 Å². The minimum Gasteiger partial charge on any atom is -0.316 e. The number of hydrogen-bond donors (Lipinski definition) is 1. The van der Waals surface area contributed by atoms with Crippen LogP contribution in [0.1, 0.15) is 18.5 Å². The molecule has 0 aliphatic rings. The SMILES string of the molecule is CC(NC#N)c1cnn(C)c1. The van der Waals surface area contributed by atoms with Crippen molar-refractivity contribution in [3.05, 3.63) is 18.0 Å². The number of rotatable bonds is 2. The first-order valence-electron chi connectivity index (χ1n) is 3.37. The fourth-order valence-corrected chi connectivity index (χ4v) is 0.844. The van der Waals surface area contributed by atoms with Crippen molar-refractivity contribution >= 4 is 0 Å². The molecule has 11 heavy (non-hydrogen) atoms. The molecule has 0 radical (unpaired) electrons. The molecule has 0 aliphatic heterocycles. The molecule has 0 bridgehead atoms. The first-order valence-corrected chi connectivity index (χ1v) is 3.37. The Bertz CT molecular complexity index is 270. The summed E-state index contributed by atoms with van der Waals surface area (Å²) in [6.45, 7) is 1.92. The summed E-state index contributed by atoms with van der Waals surface area (Å²) in [6, 6.07) is 0.0497. The van der Waals surface area contributed by atoms with Crippen molar-refractivity contribution in [1.29, 1.82) is 5.26 Å². The minimum atomic E-state index is 0.0497. The van der Waals surface area contributed by atoms with Crippen LogP contribution in [0.4, 0.5) is 0 Å². The maximum atomic E-state index is 8.32. The van der Waals surface area contributed by atoms with Crippen LogP contribution in [-0.4, -0.2) is 9.78 Å². The third-order valence-corrected chi connectivity index (χ3v) is 1.51. The van der Waals surface area contributed by atoms with Crippen LogP contribution in [0, 0.1) is 11.5 Å². The normalized spacial score (nSPS) is 12.1. The number of nitrogens with one attached hydrogen (secondary N) is 1. The summed E-state index contributed by atoms with van der Waals surface area (Å²) in [4.78, 5) is 0. The predicted octanol–water partition coefficient (Wildman–Crippen LogP) is 0.552. The Morgan fingerprint density at radius 1 is 1.82 bits per heavy atom. The van der Waals surface area contributed by atoms with Crippen molar-refractivity contribution in [3.63, 3.8) is 0 Å². The molecule has 0 amide bonds. The van der Waals surface area contributed by atoms with E-state index < -0.39 is 0 Å². The molecule has 1 rings (SSSR count). The van der Waals surface area contributed by atoms with E-state index in [0.29, 0.717) is 0 Å². The summed E-state index contributed by atoms with van der Waals surface area (Å²) in [6.07, 6.45) is 5.52. The largest absolute Gasteiger partial charge is 0.316 e. The van der Waals surface area contributed by atoms with E-state index in [2.05, 4.69) is 10.4 Å². The molecule has 0 fully saturated rings. The highest BCUT2D eigenvalue weighted by molar-refractivity contribution is 5.09. The van der Waals surface area contributed by atoms with Crippen molar-refractivity contribution in [1.82, 2.24) is 15.1 Å². The van der Waals surface area contributed by atoms with E-state index in [0.717, 1.165) is 5.56 Å². The van der Waals surface area contributed by atoms with Gasteiger partial charge in [0.15, 0.2) is 6.19 Å². The average Bonchev–Trinajstić information content (AvgIpc) is 2.36. The summed E-state index contributed by atoms with van der Waals surface area (Å²) in [5.74, 6) is 0. The van der Waals surface area contributed by atoms with E-state index >= 15 is 0 Å². The van der Waals surface area contributed by atoms with Crippen LogP contribution >= 0.6 is 0 Å². The molecular weight excluding hydrogens is 140 g/mol. The van der Waals surface area contributed by atoms with Gasteiger partial charge >= 0.3 is 0 Å². The van der Waals surface area contributed by atoms with Crippen molar-refractivity contribution in [2.45, 2.75) is 13.0 Å². The molecule has 1 aromatic rings. The maximum absolute atomic E-state index is 8.32. The van der Waals surface area contributed by atoms with Gasteiger partial charge < -0.3 is 5.32 Å². The highest BCUT2D eigenvalue weighted by atomic mass is 15.2. The lowest BCUT2D eigenvalue weighted by atomic mass is 10.2. The van der Waals surface area contributed by atoms with Gasteiger partial charge in [-0.15, -0.1) is 0 Å². The van der Waals surface area contributed by atoms with Gasteiger partial charge in [0, 0.05) is 18.8 Å². The van der Waals surface area contributed by atoms with Crippen molar-refractivity contribution in [2.75, 3.05) is 0 Å². The molecule has 1 aromatic heterocycles. The summed E-state index contributed by atoms with van der Waals surface area (Å²) in [5, 5.41) is 14.9. The Labute approximate surface area is 65.4 Å². The molecule has 1 unspecified atom stereocenters. The molecule has 1 N–H and O–H groups in total. The smallest absolute Gasteiger partial charge is 0.177 e. The summed E-state index contributed by atoms with van der Waals surface area (Å²) < 4.78 is 1.71. The first kappa shape index (κ1) is 7.61. The van der Waals surface area contributed by atoms with Gasteiger partial charge in [0.25, 0.3) is 0 Å². The highest BCUT2D eigenvalue weighted by Crippen LogP contribution is 2.08. The summed E-state index contributed by atoms with van der Waals surface area (Å²) in [7, 11) is 1.85. The zero-order valence-corrected chi connectivity index (χ0v) is 6.57. The minimum absolute atomic E-state index is 0.0497. The van der Waals surface area contributed by atoms with Gasteiger partial charge in [-0.25, -0.2) is 0 Å². The zero-order chi connectivity index (χ0) is 8.27. The molecule has 0 aromatic carbocycles. The number of aryl methyl sites for hydroxylation is 1. The van der Waals surface area contributed by atoms with Gasteiger partial charge in [-0.05, 0) is 6.92 Å². The van der Waals surface area contributed by atoms with E-state index in [1.54, 1.807) is 10.9 Å². The van der Waals surface area contributed by atoms with Crippen LogP contribution in [0.25, 0.3) is 0 Å². The van der Waals surface area contributed by atoms with Gasteiger partial charge in [-0.2, -0.15) is 10.4 Å². The second-order valence-corrected chi connectivity index (χ2v) is 2.43. The summed E-state index contributed by atoms with van der Waals surface area (Å²) in [5.41, 5.74) is 1.02. The number of hydrogen-bond acceptors (Lipinski definition) is 3. The van der Waals surface area contributed by atoms with E-state index in [1.165, 1.54) is 0 Å². The molecule has 4 nitrogen and oxygen atoms in total. The average molecular weight is 150 g/mol. The van der Waals surface area contributed by atoms with Crippen LogP contribution in [0.5, 0.6) is 0 Å². The molecule has 58 valence electrons. The lowest BCUT2D eigenvalue weighted by Gasteiger charge is -2.03. The van der Waals surface area contributed by atoms with Crippen LogP contribution in [0.15, 0.2) is 12.4 Å². The zero-order valence-electron chi connectivity index (χ0n) is 6.57. The molecule has 1 heterocycles. The molecule has 4 heteroatoms. The molecule has 0 saturated heterocycles.